The highest BCUT2D eigenvalue weighted by molar-refractivity contribution is 5.81. The predicted octanol–water partition coefficient (Wildman–Crippen LogP) is 6.09. The molecule has 0 spiro atoms. The number of esters is 1. The van der Waals surface area contributed by atoms with Crippen molar-refractivity contribution in [1.29, 1.82) is 0 Å². The van der Waals surface area contributed by atoms with Gasteiger partial charge < -0.3 is 18.9 Å². The molecule has 0 radical (unpaired) electrons. The standard InChI is InChI=1S/C25H38O6/c1-11-20(26)29-14-12-13-28-17-15-18(23(2,3)4)21(19(16-17)24(5,6)7)30-22(27)31-25(8,9)10/h11,15-16H,1,12-14H2,2-10H3. The normalized spacial score (nSPS) is 12.2. The van der Waals surface area contributed by atoms with Gasteiger partial charge in [0.25, 0.3) is 0 Å². The maximum atomic E-state index is 12.5. The van der Waals surface area contributed by atoms with Crippen molar-refractivity contribution in [2.24, 2.45) is 0 Å². The molecule has 0 unspecified atom stereocenters. The van der Waals surface area contributed by atoms with Gasteiger partial charge in [-0.1, -0.05) is 48.1 Å². The lowest BCUT2D eigenvalue weighted by Gasteiger charge is -2.30. The van der Waals surface area contributed by atoms with Crippen LogP contribution in [0.1, 0.15) is 79.9 Å². The Hall–Kier alpha value is -2.50. The van der Waals surface area contributed by atoms with Crippen LogP contribution in [0.3, 0.4) is 0 Å². The lowest BCUT2D eigenvalue weighted by atomic mass is 9.79. The van der Waals surface area contributed by atoms with Crippen molar-refractivity contribution in [3.8, 4) is 11.5 Å². The Kier molecular flexibility index (Phi) is 8.74. The fraction of sp³-hybridized carbons (Fsp3) is 0.600. The number of carbonyl (C=O) groups excluding carboxylic acids is 2. The van der Waals surface area contributed by atoms with Crippen molar-refractivity contribution >= 4 is 12.1 Å². The van der Waals surface area contributed by atoms with Crippen LogP contribution in [0.25, 0.3) is 0 Å². The molecule has 0 N–H and O–H groups in total. The van der Waals surface area contributed by atoms with Gasteiger partial charge in [-0.15, -0.1) is 0 Å². The van der Waals surface area contributed by atoms with E-state index in [2.05, 4.69) is 48.1 Å². The molecule has 1 rings (SSSR count). The Morgan fingerprint density at radius 1 is 0.903 bits per heavy atom. The molecule has 0 amide bonds. The summed E-state index contributed by atoms with van der Waals surface area (Å²) in [7, 11) is 0. The number of carbonyl (C=O) groups is 2. The van der Waals surface area contributed by atoms with Gasteiger partial charge >= 0.3 is 12.1 Å². The number of benzene rings is 1. The van der Waals surface area contributed by atoms with E-state index in [1.807, 2.05) is 12.1 Å². The van der Waals surface area contributed by atoms with Gasteiger partial charge in [-0.3, -0.25) is 0 Å². The summed E-state index contributed by atoms with van der Waals surface area (Å²) in [5.41, 5.74) is 0.420. The molecule has 0 bridgehead atoms. The molecule has 0 saturated heterocycles. The van der Waals surface area contributed by atoms with Gasteiger partial charge in [0.05, 0.1) is 13.2 Å². The first kappa shape index (κ1) is 26.5. The Labute approximate surface area is 186 Å². The van der Waals surface area contributed by atoms with Gasteiger partial charge in [-0.25, -0.2) is 9.59 Å². The molecule has 0 heterocycles. The summed E-state index contributed by atoms with van der Waals surface area (Å²) in [6.07, 6.45) is 0.946. The molecule has 6 nitrogen and oxygen atoms in total. The summed E-state index contributed by atoms with van der Waals surface area (Å²) >= 11 is 0. The van der Waals surface area contributed by atoms with Crippen LogP contribution in [0.4, 0.5) is 4.79 Å². The highest BCUT2D eigenvalue weighted by Crippen LogP contribution is 2.43. The summed E-state index contributed by atoms with van der Waals surface area (Å²) in [6, 6.07) is 3.79. The summed E-state index contributed by atoms with van der Waals surface area (Å²) in [6.45, 7) is 21.7. The van der Waals surface area contributed by atoms with E-state index in [-0.39, 0.29) is 17.4 Å². The van der Waals surface area contributed by atoms with Crippen LogP contribution in [0.5, 0.6) is 11.5 Å². The van der Waals surface area contributed by atoms with Crippen LogP contribution in [0, 0.1) is 0 Å². The Bertz CT molecular complexity index is 753. The second-order valence-electron chi connectivity index (χ2n) is 10.5. The lowest BCUT2D eigenvalue weighted by Crippen LogP contribution is -2.28. The Morgan fingerprint density at radius 2 is 1.42 bits per heavy atom. The van der Waals surface area contributed by atoms with Gasteiger partial charge in [-0.2, -0.15) is 0 Å². The molecule has 1 aromatic rings. The number of ether oxygens (including phenoxy) is 4. The molecule has 0 atom stereocenters. The van der Waals surface area contributed by atoms with E-state index < -0.39 is 17.7 Å². The van der Waals surface area contributed by atoms with E-state index in [1.54, 1.807) is 20.8 Å². The van der Waals surface area contributed by atoms with Gasteiger partial charge in [-0.05, 0) is 43.7 Å². The van der Waals surface area contributed by atoms with Crippen LogP contribution in [-0.4, -0.2) is 30.9 Å². The highest BCUT2D eigenvalue weighted by atomic mass is 16.7. The fourth-order valence-corrected chi connectivity index (χ4v) is 2.74. The van der Waals surface area contributed by atoms with E-state index in [0.717, 1.165) is 17.2 Å². The number of rotatable bonds is 7. The molecule has 1 aromatic carbocycles. The zero-order valence-corrected chi connectivity index (χ0v) is 20.5. The molecule has 174 valence electrons. The molecule has 6 heteroatoms. The topological polar surface area (TPSA) is 71.1 Å². The molecule has 0 saturated carbocycles. The Morgan fingerprint density at radius 3 is 1.84 bits per heavy atom. The van der Waals surface area contributed by atoms with Crippen LogP contribution < -0.4 is 9.47 Å². The smallest absolute Gasteiger partial charge is 0.493 e. The first-order valence-corrected chi connectivity index (χ1v) is 10.6. The SMILES string of the molecule is C=CC(=O)OCCCOc1cc(C(C)(C)C)c(OC(=O)OC(C)(C)C)c(C(C)(C)C)c1. The molecule has 0 aliphatic rings. The van der Waals surface area contributed by atoms with Crippen molar-refractivity contribution < 1.29 is 28.5 Å². The molecular formula is C25H38O6. The van der Waals surface area contributed by atoms with E-state index >= 15 is 0 Å². The van der Waals surface area contributed by atoms with Gasteiger partial charge in [0.15, 0.2) is 0 Å². The second-order valence-corrected chi connectivity index (χ2v) is 10.5. The zero-order valence-electron chi connectivity index (χ0n) is 20.5. The zero-order chi connectivity index (χ0) is 24.0. The van der Waals surface area contributed by atoms with Gasteiger partial charge in [0.2, 0.25) is 0 Å². The number of hydrogen-bond donors (Lipinski definition) is 0. The third-order valence-electron chi connectivity index (χ3n) is 4.22. The second kappa shape index (κ2) is 10.2. The van der Waals surface area contributed by atoms with Crippen LogP contribution >= 0.6 is 0 Å². The van der Waals surface area contributed by atoms with Crippen LogP contribution in [0.2, 0.25) is 0 Å². The monoisotopic (exact) mass is 434 g/mol. The number of hydrogen-bond acceptors (Lipinski definition) is 6. The maximum absolute atomic E-state index is 12.5. The summed E-state index contributed by atoms with van der Waals surface area (Å²) in [5, 5.41) is 0. The molecule has 0 aliphatic carbocycles. The fourth-order valence-electron chi connectivity index (χ4n) is 2.74. The van der Waals surface area contributed by atoms with Crippen molar-refractivity contribution in [1.82, 2.24) is 0 Å². The molecular weight excluding hydrogens is 396 g/mol. The first-order chi connectivity index (χ1) is 14.0. The quantitative estimate of drug-likeness (QED) is 0.224. The largest absolute Gasteiger partial charge is 0.514 e. The minimum atomic E-state index is -0.735. The van der Waals surface area contributed by atoms with E-state index in [4.69, 9.17) is 18.9 Å². The highest BCUT2D eigenvalue weighted by Gasteiger charge is 2.31. The van der Waals surface area contributed by atoms with Crippen LogP contribution in [-0.2, 0) is 25.1 Å². The average Bonchev–Trinajstić information content (AvgIpc) is 2.58. The Balaban J connectivity index is 3.23. The predicted molar refractivity (Wildman–Crippen MR) is 122 cm³/mol. The first-order valence-electron chi connectivity index (χ1n) is 10.6. The van der Waals surface area contributed by atoms with Gasteiger partial charge in [0, 0.05) is 23.6 Å². The third kappa shape index (κ3) is 9.03. The summed E-state index contributed by atoms with van der Waals surface area (Å²) < 4.78 is 22.1. The molecule has 0 fully saturated rings. The van der Waals surface area contributed by atoms with Crippen molar-refractivity contribution in [2.45, 2.75) is 85.2 Å². The van der Waals surface area contributed by atoms with Gasteiger partial charge in [0.1, 0.15) is 17.1 Å². The summed E-state index contributed by atoms with van der Waals surface area (Å²) in [4.78, 5) is 23.6. The maximum Gasteiger partial charge on any atom is 0.514 e. The average molecular weight is 435 g/mol. The van der Waals surface area contributed by atoms with E-state index in [0.29, 0.717) is 24.5 Å². The summed E-state index contributed by atoms with van der Waals surface area (Å²) in [5.74, 6) is 0.719. The minimum absolute atomic E-state index is 0.253. The van der Waals surface area contributed by atoms with Crippen molar-refractivity contribution in [3.63, 3.8) is 0 Å². The van der Waals surface area contributed by atoms with E-state index in [9.17, 15) is 9.59 Å². The minimum Gasteiger partial charge on any atom is -0.493 e. The molecule has 31 heavy (non-hydrogen) atoms. The lowest BCUT2D eigenvalue weighted by molar-refractivity contribution is -0.137. The van der Waals surface area contributed by atoms with Crippen molar-refractivity contribution in [3.05, 3.63) is 35.9 Å². The van der Waals surface area contributed by atoms with Crippen LogP contribution in [0.15, 0.2) is 24.8 Å². The molecule has 0 aromatic heterocycles. The van der Waals surface area contributed by atoms with Crippen molar-refractivity contribution in [2.75, 3.05) is 13.2 Å². The molecule has 0 aliphatic heterocycles. The van der Waals surface area contributed by atoms with E-state index in [1.165, 1.54) is 0 Å². The third-order valence-corrected chi connectivity index (χ3v) is 4.22.